The Hall–Kier alpha value is -1.70. The third-order valence-electron chi connectivity index (χ3n) is 2.44. The van der Waals surface area contributed by atoms with Crippen LogP contribution in [0.2, 0.25) is 0 Å². The first-order chi connectivity index (χ1) is 8.27. The molecule has 0 fully saturated rings. The quantitative estimate of drug-likeness (QED) is 0.690. The summed E-state index contributed by atoms with van der Waals surface area (Å²) in [5.41, 5.74) is 8.45. The molecule has 84 valence electrons. The molecule has 0 atom stereocenters. The highest BCUT2D eigenvalue weighted by atomic mass is 127. The lowest BCUT2D eigenvalue weighted by atomic mass is 10.1. The Morgan fingerprint density at radius 3 is 2.71 bits per heavy atom. The summed E-state index contributed by atoms with van der Waals surface area (Å²) >= 11 is 2.21. The van der Waals surface area contributed by atoms with Crippen LogP contribution in [0.1, 0.15) is 0 Å². The number of hydrogen-bond donors (Lipinski definition) is 1. The Kier molecular flexibility index (Phi) is 2.43. The lowest BCUT2D eigenvalue weighted by molar-refractivity contribution is 0.937. The number of nitrogen functional groups attached to an aromatic ring is 1. The number of halogens is 1. The molecule has 1 aromatic carbocycles. The van der Waals surface area contributed by atoms with Crippen LogP contribution < -0.4 is 5.73 Å². The van der Waals surface area contributed by atoms with E-state index in [0.29, 0.717) is 5.95 Å². The van der Waals surface area contributed by atoms with Crippen molar-refractivity contribution in [3.05, 3.63) is 40.2 Å². The van der Waals surface area contributed by atoms with Gasteiger partial charge in [0.2, 0.25) is 5.95 Å². The predicted molar refractivity (Wildman–Crippen MR) is 73.3 cm³/mol. The van der Waals surface area contributed by atoms with Crippen molar-refractivity contribution in [2.24, 2.45) is 0 Å². The van der Waals surface area contributed by atoms with Gasteiger partial charge in [-0.2, -0.15) is 9.61 Å². The molecule has 6 heteroatoms. The second kappa shape index (κ2) is 3.95. The van der Waals surface area contributed by atoms with Gasteiger partial charge < -0.3 is 5.73 Å². The second-order valence-electron chi connectivity index (χ2n) is 3.49. The van der Waals surface area contributed by atoms with Gasteiger partial charge in [-0.25, -0.2) is 9.97 Å². The third-order valence-corrected chi connectivity index (χ3v) is 3.44. The largest absolute Gasteiger partial charge is 0.368 e. The van der Waals surface area contributed by atoms with Crippen molar-refractivity contribution in [2.75, 3.05) is 5.73 Å². The van der Waals surface area contributed by atoms with Crippen molar-refractivity contribution < 1.29 is 0 Å². The minimum absolute atomic E-state index is 0.344. The average molecular weight is 337 g/mol. The molecule has 0 spiro atoms. The molecule has 0 saturated heterocycles. The van der Waals surface area contributed by atoms with Crippen LogP contribution in [0.3, 0.4) is 0 Å². The van der Waals surface area contributed by atoms with Crippen molar-refractivity contribution in [1.29, 1.82) is 0 Å². The van der Waals surface area contributed by atoms with E-state index < -0.39 is 0 Å². The van der Waals surface area contributed by atoms with Gasteiger partial charge in [-0.1, -0.05) is 30.3 Å². The van der Waals surface area contributed by atoms with Crippen LogP contribution in [0.15, 0.2) is 36.7 Å². The van der Waals surface area contributed by atoms with Gasteiger partial charge in [0.25, 0.3) is 0 Å². The summed E-state index contributed by atoms with van der Waals surface area (Å²) in [6, 6.07) is 9.90. The summed E-state index contributed by atoms with van der Waals surface area (Å²) in [6.45, 7) is 0. The van der Waals surface area contributed by atoms with Crippen LogP contribution in [0.4, 0.5) is 5.95 Å². The van der Waals surface area contributed by atoms with E-state index in [4.69, 9.17) is 5.73 Å². The summed E-state index contributed by atoms with van der Waals surface area (Å²) in [5, 5.41) is 4.03. The molecular weight excluding hydrogens is 329 g/mol. The van der Waals surface area contributed by atoms with E-state index in [1.54, 1.807) is 0 Å². The minimum Gasteiger partial charge on any atom is -0.368 e. The topological polar surface area (TPSA) is 69.1 Å². The number of rotatable bonds is 1. The molecule has 2 heterocycles. The van der Waals surface area contributed by atoms with E-state index >= 15 is 0 Å². The van der Waals surface area contributed by atoms with E-state index in [9.17, 15) is 0 Å². The lowest BCUT2D eigenvalue weighted by Crippen LogP contribution is -2.05. The van der Waals surface area contributed by atoms with Crippen LogP contribution in [-0.4, -0.2) is 19.6 Å². The molecule has 3 rings (SSSR count). The molecule has 2 aromatic heterocycles. The van der Waals surface area contributed by atoms with Gasteiger partial charge in [-0.05, 0) is 22.6 Å². The Balaban J connectivity index is 2.34. The maximum atomic E-state index is 5.85. The highest BCUT2D eigenvalue weighted by Crippen LogP contribution is 2.26. The van der Waals surface area contributed by atoms with Crippen molar-refractivity contribution in [3.8, 4) is 11.3 Å². The highest BCUT2D eigenvalue weighted by Gasteiger charge is 2.13. The number of nitrogens with two attached hydrogens (primary N) is 1. The maximum absolute atomic E-state index is 5.85. The number of fused-ring (bicyclic) bond motifs is 1. The van der Waals surface area contributed by atoms with Gasteiger partial charge in [0.15, 0.2) is 5.65 Å². The Morgan fingerprint density at radius 2 is 1.94 bits per heavy atom. The highest BCUT2D eigenvalue weighted by molar-refractivity contribution is 14.1. The molecule has 0 aliphatic carbocycles. The number of anilines is 1. The summed E-state index contributed by atoms with van der Waals surface area (Å²) in [5.74, 6) is 0.344. The molecule has 0 unspecified atom stereocenters. The molecule has 5 nitrogen and oxygen atoms in total. The number of aromatic nitrogens is 4. The molecular formula is C11H8IN5. The van der Waals surface area contributed by atoms with Crippen molar-refractivity contribution in [1.82, 2.24) is 19.6 Å². The van der Waals surface area contributed by atoms with Crippen molar-refractivity contribution in [3.63, 3.8) is 0 Å². The fraction of sp³-hybridized carbons (Fsp3) is 0. The van der Waals surface area contributed by atoms with Crippen LogP contribution in [0.25, 0.3) is 16.9 Å². The maximum Gasteiger partial charge on any atom is 0.223 e. The fourth-order valence-electron chi connectivity index (χ4n) is 1.66. The van der Waals surface area contributed by atoms with E-state index in [2.05, 4.69) is 37.7 Å². The van der Waals surface area contributed by atoms with Gasteiger partial charge >= 0.3 is 0 Å². The fourth-order valence-corrected chi connectivity index (χ4v) is 2.46. The first-order valence-electron chi connectivity index (χ1n) is 4.97. The van der Waals surface area contributed by atoms with E-state index in [0.717, 1.165) is 20.5 Å². The SMILES string of the molecule is Nc1nc(-c2ccccc2)c(I)c2ncnn12. The summed E-state index contributed by atoms with van der Waals surface area (Å²) in [4.78, 5) is 8.56. The average Bonchev–Trinajstić information content (AvgIpc) is 2.85. The standard InChI is InChI=1S/C11H8IN5/c12-8-9(7-4-2-1-3-5-7)16-11(13)17-10(8)14-6-15-17/h1-6H,(H2,13,16). The zero-order chi connectivity index (χ0) is 11.8. The Labute approximate surface area is 111 Å². The molecule has 2 N–H and O–H groups in total. The molecule has 0 saturated carbocycles. The second-order valence-corrected chi connectivity index (χ2v) is 4.57. The molecule has 0 aliphatic rings. The van der Waals surface area contributed by atoms with E-state index in [1.807, 2.05) is 30.3 Å². The smallest absolute Gasteiger partial charge is 0.223 e. The third kappa shape index (κ3) is 1.64. The summed E-state index contributed by atoms with van der Waals surface area (Å²) in [6.07, 6.45) is 1.48. The predicted octanol–water partition coefficient (Wildman–Crippen LogP) is 1.98. The zero-order valence-electron chi connectivity index (χ0n) is 8.71. The van der Waals surface area contributed by atoms with Crippen molar-refractivity contribution >= 4 is 34.2 Å². The van der Waals surface area contributed by atoms with Gasteiger partial charge in [-0.3, -0.25) is 0 Å². The molecule has 0 aliphatic heterocycles. The molecule has 0 bridgehead atoms. The monoisotopic (exact) mass is 337 g/mol. The normalized spacial score (nSPS) is 10.9. The first-order valence-corrected chi connectivity index (χ1v) is 6.05. The van der Waals surface area contributed by atoms with E-state index in [1.165, 1.54) is 10.8 Å². The lowest BCUT2D eigenvalue weighted by Gasteiger charge is -2.06. The summed E-state index contributed by atoms with van der Waals surface area (Å²) < 4.78 is 2.48. The molecule has 3 aromatic rings. The zero-order valence-corrected chi connectivity index (χ0v) is 10.9. The van der Waals surface area contributed by atoms with Crippen LogP contribution >= 0.6 is 22.6 Å². The Bertz CT molecular complexity index is 677. The molecule has 0 amide bonds. The van der Waals surface area contributed by atoms with Gasteiger partial charge in [-0.15, -0.1) is 0 Å². The van der Waals surface area contributed by atoms with Gasteiger partial charge in [0.1, 0.15) is 6.33 Å². The summed E-state index contributed by atoms with van der Waals surface area (Å²) in [7, 11) is 0. The van der Waals surface area contributed by atoms with Crippen molar-refractivity contribution in [2.45, 2.75) is 0 Å². The van der Waals surface area contributed by atoms with E-state index in [-0.39, 0.29) is 0 Å². The van der Waals surface area contributed by atoms with Crippen LogP contribution in [-0.2, 0) is 0 Å². The van der Waals surface area contributed by atoms with Gasteiger partial charge in [0, 0.05) is 5.56 Å². The Morgan fingerprint density at radius 1 is 1.18 bits per heavy atom. The molecule has 17 heavy (non-hydrogen) atoms. The van der Waals surface area contributed by atoms with Gasteiger partial charge in [0.05, 0.1) is 9.26 Å². The number of hydrogen-bond acceptors (Lipinski definition) is 4. The first kappa shape index (κ1) is 10.5. The van der Waals surface area contributed by atoms with Crippen LogP contribution in [0, 0.1) is 3.57 Å². The van der Waals surface area contributed by atoms with Crippen LogP contribution in [0.5, 0.6) is 0 Å². The minimum atomic E-state index is 0.344. The molecule has 0 radical (unpaired) electrons. The number of nitrogens with zero attached hydrogens (tertiary/aromatic N) is 4. The number of benzene rings is 1.